The number of likely N-dealkylation sites (tertiary alicyclic amines) is 1. The van der Waals surface area contributed by atoms with Crippen molar-refractivity contribution >= 4 is 11.6 Å². The first-order valence-corrected chi connectivity index (χ1v) is 11.1. The third kappa shape index (κ3) is 7.64. The summed E-state index contributed by atoms with van der Waals surface area (Å²) in [5.74, 6) is 0.471. The molecule has 1 fully saturated rings. The van der Waals surface area contributed by atoms with Crippen LogP contribution in [0.3, 0.4) is 0 Å². The molecule has 2 aromatic rings. The molecule has 0 aliphatic carbocycles. The number of amides is 1. The Bertz CT molecular complexity index is 883. The van der Waals surface area contributed by atoms with Gasteiger partial charge in [-0.3, -0.25) is 4.79 Å². The van der Waals surface area contributed by atoms with Gasteiger partial charge in [-0.05, 0) is 68.1 Å². The topological polar surface area (TPSA) is 35.6 Å². The summed E-state index contributed by atoms with van der Waals surface area (Å²) in [5.41, 5.74) is 2.16. The SMILES string of the molecule is CC(=O)Nc1ccc(CN(C)C[C@@H]2CCCN(CCc3cccc(C(F)(F)F)c3)C2)cc1. The molecule has 2 aromatic carbocycles. The van der Waals surface area contributed by atoms with Crippen LogP contribution in [0.15, 0.2) is 48.5 Å². The van der Waals surface area contributed by atoms with Crippen LogP contribution in [0, 0.1) is 5.92 Å². The zero-order valence-corrected chi connectivity index (χ0v) is 18.8. The Hall–Kier alpha value is -2.38. The molecule has 1 amide bonds. The quantitative estimate of drug-likeness (QED) is 0.615. The summed E-state index contributed by atoms with van der Waals surface area (Å²) >= 11 is 0. The fourth-order valence-corrected chi connectivity index (χ4v) is 4.41. The summed E-state index contributed by atoms with van der Waals surface area (Å²) in [7, 11) is 2.11. The monoisotopic (exact) mass is 447 g/mol. The van der Waals surface area contributed by atoms with Gasteiger partial charge < -0.3 is 15.1 Å². The van der Waals surface area contributed by atoms with Crippen LogP contribution >= 0.6 is 0 Å². The standard InChI is InChI=1S/C25H32F3N3O/c1-19(32)29-24-10-8-21(9-11-24)16-30(2)17-22-6-4-13-31(18-22)14-12-20-5-3-7-23(15-20)25(26,27)28/h3,5,7-11,15,22H,4,6,12-14,16-18H2,1-2H3,(H,29,32)/t22-/m0/s1. The van der Waals surface area contributed by atoms with Crippen LogP contribution in [0.5, 0.6) is 0 Å². The third-order valence-electron chi connectivity index (χ3n) is 5.87. The second-order valence-electron chi connectivity index (χ2n) is 8.83. The number of hydrogen-bond acceptors (Lipinski definition) is 3. The van der Waals surface area contributed by atoms with E-state index in [2.05, 4.69) is 22.2 Å². The van der Waals surface area contributed by atoms with Gasteiger partial charge in [-0.2, -0.15) is 13.2 Å². The van der Waals surface area contributed by atoms with E-state index < -0.39 is 11.7 Å². The molecule has 1 heterocycles. The zero-order chi connectivity index (χ0) is 23.1. The third-order valence-corrected chi connectivity index (χ3v) is 5.87. The number of nitrogens with one attached hydrogen (secondary N) is 1. The Balaban J connectivity index is 1.46. The number of nitrogens with zero attached hydrogens (tertiary/aromatic N) is 2. The van der Waals surface area contributed by atoms with E-state index >= 15 is 0 Å². The molecule has 174 valence electrons. The van der Waals surface area contributed by atoms with Crippen molar-refractivity contribution in [3.05, 3.63) is 65.2 Å². The van der Waals surface area contributed by atoms with Crippen molar-refractivity contribution in [2.45, 2.75) is 38.9 Å². The molecule has 0 unspecified atom stereocenters. The van der Waals surface area contributed by atoms with Crippen LogP contribution in [0.2, 0.25) is 0 Å². The average Bonchev–Trinajstić information content (AvgIpc) is 2.73. The Morgan fingerprint density at radius 2 is 1.91 bits per heavy atom. The molecule has 32 heavy (non-hydrogen) atoms. The summed E-state index contributed by atoms with van der Waals surface area (Å²) in [6, 6.07) is 13.6. The zero-order valence-electron chi connectivity index (χ0n) is 18.8. The van der Waals surface area contributed by atoms with Gasteiger partial charge >= 0.3 is 6.18 Å². The number of piperidine rings is 1. The van der Waals surface area contributed by atoms with Gasteiger partial charge in [0, 0.05) is 38.8 Å². The lowest BCUT2D eigenvalue weighted by Crippen LogP contribution is -2.40. The van der Waals surface area contributed by atoms with Crippen LogP contribution < -0.4 is 5.32 Å². The van der Waals surface area contributed by atoms with Crippen LogP contribution in [0.25, 0.3) is 0 Å². The van der Waals surface area contributed by atoms with Crippen molar-refractivity contribution < 1.29 is 18.0 Å². The lowest BCUT2D eigenvalue weighted by atomic mass is 9.96. The number of benzene rings is 2. The summed E-state index contributed by atoms with van der Waals surface area (Å²) in [6.45, 7) is 6.07. The number of carbonyl (C=O) groups excluding carboxylic acids is 1. The van der Waals surface area contributed by atoms with Gasteiger partial charge in [-0.1, -0.05) is 30.3 Å². The highest BCUT2D eigenvalue weighted by atomic mass is 19.4. The molecule has 4 nitrogen and oxygen atoms in total. The highest BCUT2D eigenvalue weighted by Crippen LogP contribution is 2.29. The highest BCUT2D eigenvalue weighted by molar-refractivity contribution is 5.88. The largest absolute Gasteiger partial charge is 0.416 e. The summed E-state index contributed by atoms with van der Waals surface area (Å²) in [5, 5.41) is 2.78. The van der Waals surface area contributed by atoms with Gasteiger partial charge in [0.1, 0.15) is 0 Å². The lowest BCUT2D eigenvalue weighted by Gasteiger charge is -2.35. The Morgan fingerprint density at radius 1 is 1.16 bits per heavy atom. The van der Waals surface area contributed by atoms with Gasteiger partial charge in [0.15, 0.2) is 0 Å². The van der Waals surface area contributed by atoms with E-state index in [1.807, 2.05) is 24.3 Å². The molecule has 0 bridgehead atoms. The number of alkyl halides is 3. The lowest BCUT2D eigenvalue weighted by molar-refractivity contribution is -0.137. The van der Waals surface area contributed by atoms with Gasteiger partial charge in [0.25, 0.3) is 0 Å². The molecule has 0 saturated carbocycles. The van der Waals surface area contributed by atoms with Gasteiger partial charge in [-0.15, -0.1) is 0 Å². The van der Waals surface area contributed by atoms with E-state index in [1.54, 1.807) is 6.07 Å². The molecule has 1 atom stereocenters. The summed E-state index contributed by atoms with van der Waals surface area (Å²) < 4.78 is 38.8. The summed E-state index contributed by atoms with van der Waals surface area (Å²) in [6.07, 6.45) is -1.37. The van der Waals surface area contributed by atoms with Crippen molar-refractivity contribution in [3.8, 4) is 0 Å². The first kappa shape index (κ1) is 24.3. The number of rotatable bonds is 8. The fourth-order valence-electron chi connectivity index (χ4n) is 4.41. The molecule has 1 saturated heterocycles. The van der Waals surface area contributed by atoms with E-state index in [1.165, 1.54) is 31.0 Å². The van der Waals surface area contributed by atoms with Gasteiger partial charge in [-0.25, -0.2) is 0 Å². The molecule has 3 rings (SSSR count). The minimum absolute atomic E-state index is 0.0789. The molecule has 0 aromatic heterocycles. The molecule has 0 radical (unpaired) electrons. The van der Waals surface area contributed by atoms with Gasteiger partial charge in [0.2, 0.25) is 5.91 Å². The maximum Gasteiger partial charge on any atom is 0.416 e. The highest BCUT2D eigenvalue weighted by Gasteiger charge is 2.30. The maximum atomic E-state index is 12.9. The normalized spacial score (nSPS) is 17.5. The van der Waals surface area contributed by atoms with Crippen molar-refractivity contribution in [2.75, 3.05) is 38.5 Å². The van der Waals surface area contributed by atoms with Crippen LogP contribution in [0.1, 0.15) is 36.5 Å². The number of halogens is 3. The molecular weight excluding hydrogens is 415 g/mol. The Kier molecular flexibility index (Phi) is 8.32. The first-order chi connectivity index (χ1) is 15.2. The van der Waals surface area contributed by atoms with E-state index in [0.717, 1.165) is 56.5 Å². The Labute approximate surface area is 188 Å². The average molecular weight is 448 g/mol. The minimum Gasteiger partial charge on any atom is -0.326 e. The van der Waals surface area contributed by atoms with Crippen LogP contribution in [0.4, 0.5) is 18.9 Å². The number of carbonyl (C=O) groups is 1. The predicted octanol–water partition coefficient (Wildman–Crippen LogP) is 5.05. The first-order valence-electron chi connectivity index (χ1n) is 11.1. The van der Waals surface area contributed by atoms with Gasteiger partial charge in [0.05, 0.1) is 5.56 Å². The summed E-state index contributed by atoms with van der Waals surface area (Å²) in [4.78, 5) is 15.8. The molecule has 0 spiro atoms. The smallest absolute Gasteiger partial charge is 0.326 e. The number of anilines is 1. The Morgan fingerprint density at radius 3 is 2.59 bits per heavy atom. The van der Waals surface area contributed by atoms with Crippen molar-refractivity contribution in [2.24, 2.45) is 5.92 Å². The molecule has 1 N–H and O–H groups in total. The van der Waals surface area contributed by atoms with Crippen LogP contribution in [-0.4, -0.2) is 48.9 Å². The van der Waals surface area contributed by atoms with E-state index in [9.17, 15) is 18.0 Å². The van der Waals surface area contributed by atoms with Crippen molar-refractivity contribution in [3.63, 3.8) is 0 Å². The number of hydrogen-bond donors (Lipinski definition) is 1. The van der Waals surface area contributed by atoms with E-state index in [4.69, 9.17) is 0 Å². The molecular formula is C25H32F3N3O. The minimum atomic E-state index is -4.29. The van der Waals surface area contributed by atoms with Crippen molar-refractivity contribution in [1.82, 2.24) is 9.80 Å². The van der Waals surface area contributed by atoms with Crippen molar-refractivity contribution in [1.29, 1.82) is 0 Å². The fraction of sp³-hybridized carbons (Fsp3) is 0.480. The molecule has 7 heteroatoms. The second-order valence-corrected chi connectivity index (χ2v) is 8.83. The second kappa shape index (κ2) is 11.0. The van der Waals surface area contributed by atoms with E-state index in [-0.39, 0.29) is 5.91 Å². The van der Waals surface area contributed by atoms with Crippen LogP contribution in [-0.2, 0) is 23.9 Å². The molecule has 1 aliphatic rings. The van der Waals surface area contributed by atoms with E-state index in [0.29, 0.717) is 12.3 Å². The molecule has 1 aliphatic heterocycles. The maximum absolute atomic E-state index is 12.9. The predicted molar refractivity (Wildman–Crippen MR) is 121 cm³/mol.